The van der Waals surface area contributed by atoms with Gasteiger partial charge in [0.1, 0.15) is 11.4 Å². The van der Waals surface area contributed by atoms with Crippen molar-refractivity contribution in [2.24, 2.45) is 0 Å². The van der Waals surface area contributed by atoms with Gasteiger partial charge in [0.15, 0.2) is 5.75 Å². The number of hydrogen-bond donors (Lipinski definition) is 1. The first-order valence-electron chi connectivity index (χ1n) is 13.6. The minimum absolute atomic E-state index is 0.742. The largest absolute Gasteiger partial charge is 0.455 e. The summed E-state index contributed by atoms with van der Waals surface area (Å²) < 4.78 is 8.80. The summed E-state index contributed by atoms with van der Waals surface area (Å²) in [5, 5.41) is 6.01. The molecule has 0 bridgehead atoms. The number of aromatic nitrogens is 3. The molecule has 3 aromatic heterocycles. The van der Waals surface area contributed by atoms with Gasteiger partial charge in [-0.1, -0.05) is 72.8 Å². The first kappa shape index (κ1) is 23.2. The van der Waals surface area contributed by atoms with E-state index in [1.165, 1.54) is 5.39 Å². The van der Waals surface area contributed by atoms with Gasteiger partial charge in [-0.3, -0.25) is 9.55 Å². The van der Waals surface area contributed by atoms with E-state index in [0.717, 1.165) is 67.5 Å². The fourth-order valence-electron chi connectivity index (χ4n) is 5.66. The van der Waals surface area contributed by atoms with E-state index >= 15 is 0 Å². The third-order valence-corrected chi connectivity index (χ3v) is 7.53. The van der Waals surface area contributed by atoms with Crippen molar-refractivity contribution in [2.75, 3.05) is 5.32 Å². The van der Waals surface area contributed by atoms with E-state index in [9.17, 15) is 0 Å². The van der Waals surface area contributed by atoms with Crippen LogP contribution in [0.4, 0.5) is 11.4 Å². The zero-order valence-electron chi connectivity index (χ0n) is 22.0. The van der Waals surface area contributed by atoms with Crippen LogP contribution in [0.1, 0.15) is 11.1 Å². The first-order valence-corrected chi connectivity index (χ1v) is 13.6. The lowest BCUT2D eigenvalue weighted by atomic mass is 10.0. The highest BCUT2D eigenvalue weighted by molar-refractivity contribution is 6.07. The number of benzene rings is 4. The molecule has 194 valence electrons. The lowest BCUT2D eigenvalue weighted by Crippen LogP contribution is -2.00. The van der Waals surface area contributed by atoms with Crippen molar-refractivity contribution < 1.29 is 4.74 Å². The lowest BCUT2D eigenvalue weighted by molar-refractivity contribution is 0.484. The summed E-state index contributed by atoms with van der Waals surface area (Å²) in [6.07, 6.45) is 7.93. The maximum Gasteiger partial charge on any atom is 0.151 e. The molecule has 0 fully saturated rings. The topological polar surface area (TPSA) is 52.0 Å². The molecule has 0 spiro atoms. The van der Waals surface area contributed by atoms with Gasteiger partial charge in [0.25, 0.3) is 0 Å². The van der Waals surface area contributed by atoms with Crippen molar-refractivity contribution in [1.29, 1.82) is 0 Å². The van der Waals surface area contributed by atoms with Gasteiger partial charge in [0, 0.05) is 40.4 Å². The monoisotopic (exact) mass is 528 g/mol. The average molecular weight is 529 g/mol. The predicted molar refractivity (Wildman–Crippen MR) is 167 cm³/mol. The Kier molecular flexibility index (Phi) is 5.38. The number of nitrogens with zero attached hydrogens (tertiary/aromatic N) is 3. The number of anilines is 2. The van der Waals surface area contributed by atoms with E-state index in [-0.39, 0.29) is 0 Å². The number of fused-ring (bicyclic) bond motifs is 5. The van der Waals surface area contributed by atoms with Crippen molar-refractivity contribution in [3.63, 3.8) is 0 Å². The second-order valence-electron chi connectivity index (χ2n) is 9.99. The van der Waals surface area contributed by atoms with Gasteiger partial charge in [-0.05, 0) is 54.1 Å². The summed E-state index contributed by atoms with van der Waals surface area (Å²) >= 11 is 0. The van der Waals surface area contributed by atoms with Crippen LogP contribution in [-0.2, 0) is 0 Å². The molecule has 0 atom stereocenters. The van der Waals surface area contributed by atoms with E-state index in [1.54, 1.807) is 0 Å². The molecule has 0 saturated heterocycles. The van der Waals surface area contributed by atoms with E-state index in [2.05, 4.69) is 93.7 Å². The van der Waals surface area contributed by atoms with E-state index in [4.69, 9.17) is 9.72 Å². The average Bonchev–Trinajstić information content (AvgIpc) is 3.23. The van der Waals surface area contributed by atoms with E-state index in [1.807, 2.05) is 60.9 Å². The fourth-order valence-corrected chi connectivity index (χ4v) is 5.66. The molecular weight excluding hydrogens is 504 g/mol. The smallest absolute Gasteiger partial charge is 0.151 e. The van der Waals surface area contributed by atoms with Crippen LogP contribution in [0.5, 0.6) is 11.5 Å². The molecule has 5 heteroatoms. The Morgan fingerprint density at radius 2 is 1.39 bits per heavy atom. The lowest BCUT2D eigenvalue weighted by Gasteiger charge is -2.18. The molecule has 4 aromatic carbocycles. The van der Waals surface area contributed by atoms with E-state index < -0.39 is 0 Å². The standard InChI is InChI=1S/C36H24N4O/c1-2-17-32-28(13-1)29-15-8-22-38-36(29)40(32)26-11-7-12-27(23-26)41-33-18-6-10-25-20-19-24-9-5-14-30(34(24)39-35(25)33)31-16-3-4-21-37-31/h1-23,39H. The predicted octanol–water partition coefficient (Wildman–Crippen LogP) is 9.26. The Balaban J connectivity index is 1.21. The normalized spacial score (nSPS) is 12.0. The second kappa shape index (κ2) is 9.50. The van der Waals surface area contributed by atoms with Crippen LogP contribution in [0, 0.1) is 0 Å². The summed E-state index contributed by atoms with van der Waals surface area (Å²) in [5.41, 5.74) is 9.03. The molecule has 1 aliphatic heterocycles. The molecule has 1 aliphatic rings. The van der Waals surface area contributed by atoms with Crippen molar-refractivity contribution in [3.8, 4) is 28.4 Å². The fraction of sp³-hybridized carbons (Fsp3) is 0. The van der Waals surface area contributed by atoms with E-state index in [0.29, 0.717) is 0 Å². The molecule has 5 nitrogen and oxygen atoms in total. The van der Waals surface area contributed by atoms with Crippen LogP contribution in [0.3, 0.4) is 0 Å². The van der Waals surface area contributed by atoms with Crippen LogP contribution in [-0.4, -0.2) is 14.5 Å². The van der Waals surface area contributed by atoms with Gasteiger partial charge in [-0.2, -0.15) is 0 Å². The minimum Gasteiger partial charge on any atom is -0.455 e. The van der Waals surface area contributed by atoms with Crippen LogP contribution < -0.4 is 10.1 Å². The number of nitrogens with one attached hydrogen (secondary N) is 1. The number of ether oxygens (including phenoxy) is 1. The maximum absolute atomic E-state index is 6.61. The van der Waals surface area contributed by atoms with Crippen molar-refractivity contribution in [2.45, 2.75) is 0 Å². The molecular formula is C36H24N4O. The van der Waals surface area contributed by atoms with Crippen LogP contribution >= 0.6 is 0 Å². The number of para-hydroxylation sites is 3. The quantitative estimate of drug-likeness (QED) is 0.247. The Morgan fingerprint density at radius 3 is 2.29 bits per heavy atom. The molecule has 0 unspecified atom stereocenters. The summed E-state index contributed by atoms with van der Waals surface area (Å²) in [7, 11) is 0. The maximum atomic E-state index is 6.61. The van der Waals surface area contributed by atoms with Crippen molar-refractivity contribution in [3.05, 3.63) is 139 Å². The second-order valence-corrected chi connectivity index (χ2v) is 9.99. The zero-order chi connectivity index (χ0) is 27.2. The highest BCUT2D eigenvalue weighted by Crippen LogP contribution is 2.42. The first-order chi connectivity index (χ1) is 20.3. The molecule has 4 heterocycles. The Hall–Kier alpha value is -5.68. The van der Waals surface area contributed by atoms with Crippen molar-refractivity contribution in [1.82, 2.24) is 14.5 Å². The van der Waals surface area contributed by atoms with Gasteiger partial charge < -0.3 is 10.1 Å². The van der Waals surface area contributed by atoms with Crippen LogP contribution in [0.25, 0.3) is 51.0 Å². The Morgan fingerprint density at radius 1 is 0.610 bits per heavy atom. The molecule has 41 heavy (non-hydrogen) atoms. The van der Waals surface area contributed by atoms with Crippen LogP contribution in [0.15, 0.2) is 128 Å². The number of pyridine rings is 2. The van der Waals surface area contributed by atoms with Gasteiger partial charge in [0.2, 0.25) is 0 Å². The van der Waals surface area contributed by atoms with Crippen molar-refractivity contribution >= 4 is 45.5 Å². The molecule has 8 rings (SSSR count). The SMILES string of the molecule is C1=Cc2cccc(-c3ccccn3)c2Nc2c1cccc2Oc1cccc(-n2c3ccccc3c3cccnc32)c1. The Bertz CT molecular complexity index is 2060. The highest BCUT2D eigenvalue weighted by Gasteiger charge is 2.18. The zero-order valence-corrected chi connectivity index (χ0v) is 22.0. The van der Waals surface area contributed by atoms with Crippen LogP contribution in [0.2, 0.25) is 0 Å². The molecule has 0 radical (unpaired) electrons. The molecule has 0 saturated carbocycles. The highest BCUT2D eigenvalue weighted by atomic mass is 16.5. The number of hydrogen-bond acceptors (Lipinski definition) is 4. The molecule has 0 amide bonds. The summed E-state index contributed by atoms with van der Waals surface area (Å²) in [6.45, 7) is 0. The number of rotatable bonds is 4. The molecule has 0 aliphatic carbocycles. The van der Waals surface area contributed by atoms with Gasteiger partial charge in [0.05, 0.1) is 28.3 Å². The Labute approximate surface area is 237 Å². The summed E-state index contributed by atoms with van der Waals surface area (Å²) in [5.74, 6) is 1.49. The van der Waals surface area contributed by atoms with Gasteiger partial charge >= 0.3 is 0 Å². The summed E-state index contributed by atoms with van der Waals surface area (Å²) in [4.78, 5) is 9.34. The van der Waals surface area contributed by atoms with Gasteiger partial charge in [-0.15, -0.1) is 0 Å². The minimum atomic E-state index is 0.742. The third-order valence-electron chi connectivity index (χ3n) is 7.53. The van der Waals surface area contributed by atoms with Gasteiger partial charge in [-0.25, -0.2) is 4.98 Å². The third kappa shape index (κ3) is 3.95. The molecule has 1 N–H and O–H groups in total. The molecule has 7 aromatic rings. The summed E-state index contributed by atoms with van der Waals surface area (Å²) in [6, 6.07) is 39.1.